The van der Waals surface area contributed by atoms with Crippen LogP contribution in [0.25, 0.3) is 6.08 Å². The molecule has 1 N–H and O–H groups in total. The number of hydrogen-bond donors (Lipinski definition) is 1. The summed E-state index contributed by atoms with van der Waals surface area (Å²) in [5, 5.41) is 10.8. The maximum atomic E-state index is 13.7. The molecule has 1 aliphatic carbocycles. The maximum absolute atomic E-state index is 13.7. The number of benzene rings is 1. The second kappa shape index (κ2) is 10.1. The molecule has 0 aliphatic heterocycles. The molecule has 0 amide bonds. The van der Waals surface area contributed by atoms with Gasteiger partial charge in [-0.15, -0.1) is 0 Å². The topological polar surface area (TPSA) is 63.6 Å². The van der Waals surface area contributed by atoms with Gasteiger partial charge in [-0.2, -0.15) is 0 Å². The van der Waals surface area contributed by atoms with Crippen LogP contribution in [0.15, 0.2) is 82.9 Å². The van der Waals surface area contributed by atoms with Gasteiger partial charge < -0.3 is 9.84 Å². The van der Waals surface area contributed by atoms with Crippen LogP contribution in [0.1, 0.15) is 46.1 Å². The van der Waals surface area contributed by atoms with E-state index in [1.165, 1.54) is 19.3 Å². The molecule has 0 atom stereocenters. The number of carbonyl (C=O) groups is 2. The molecule has 1 aliphatic rings. The first-order valence-electron chi connectivity index (χ1n) is 9.99. The highest BCUT2D eigenvalue weighted by atomic mass is 16.5. The molecule has 0 bridgehead atoms. The Kier molecular flexibility index (Phi) is 7.76. The molecule has 1 aromatic carbocycles. The third-order valence-corrected chi connectivity index (χ3v) is 5.07. The second-order valence-electron chi connectivity index (χ2n) is 7.96. The van der Waals surface area contributed by atoms with E-state index in [1.807, 2.05) is 70.2 Å². The molecule has 2 rings (SSSR count). The molecular formula is C26H30O4. The lowest BCUT2D eigenvalue weighted by Crippen LogP contribution is -2.43. The third kappa shape index (κ3) is 5.26. The van der Waals surface area contributed by atoms with E-state index >= 15 is 0 Å². The SMILES string of the molecule is COC1=CC(=O)C(CC=C(C)C)(CC=C(C)C)C(=O)/C1=C(O)/C=C/c1ccccc1. The molecule has 30 heavy (non-hydrogen) atoms. The number of allylic oxidation sites excluding steroid dienone is 7. The first-order valence-corrected chi connectivity index (χ1v) is 9.99. The molecule has 0 saturated heterocycles. The number of ketones is 2. The lowest BCUT2D eigenvalue weighted by molar-refractivity contribution is -0.136. The highest BCUT2D eigenvalue weighted by Crippen LogP contribution is 2.41. The zero-order valence-electron chi connectivity index (χ0n) is 18.4. The molecule has 4 heteroatoms. The Balaban J connectivity index is 2.61. The molecule has 0 unspecified atom stereocenters. The lowest BCUT2D eigenvalue weighted by Gasteiger charge is -2.33. The van der Waals surface area contributed by atoms with E-state index in [0.717, 1.165) is 16.7 Å². The fourth-order valence-corrected chi connectivity index (χ4v) is 3.25. The van der Waals surface area contributed by atoms with E-state index in [4.69, 9.17) is 4.74 Å². The minimum Gasteiger partial charge on any atom is -0.507 e. The van der Waals surface area contributed by atoms with Gasteiger partial charge in [0.25, 0.3) is 0 Å². The normalized spacial score (nSPS) is 17.4. The van der Waals surface area contributed by atoms with Crippen LogP contribution in [0.4, 0.5) is 0 Å². The summed E-state index contributed by atoms with van der Waals surface area (Å²) < 4.78 is 5.30. The van der Waals surface area contributed by atoms with E-state index in [-0.39, 0.29) is 35.7 Å². The first kappa shape index (κ1) is 23.1. The molecule has 4 nitrogen and oxygen atoms in total. The van der Waals surface area contributed by atoms with Crippen molar-refractivity contribution in [2.24, 2.45) is 5.41 Å². The van der Waals surface area contributed by atoms with Crippen LogP contribution in [-0.2, 0) is 14.3 Å². The summed E-state index contributed by atoms with van der Waals surface area (Å²) in [5.41, 5.74) is 1.67. The number of ether oxygens (including phenoxy) is 1. The summed E-state index contributed by atoms with van der Waals surface area (Å²) in [6.07, 6.45) is 8.85. The van der Waals surface area contributed by atoms with Crippen LogP contribution in [-0.4, -0.2) is 23.8 Å². The minimum absolute atomic E-state index is 0.0357. The van der Waals surface area contributed by atoms with Crippen molar-refractivity contribution < 1.29 is 19.4 Å². The lowest BCUT2D eigenvalue weighted by atomic mass is 9.67. The number of hydrogen-bond acceptors (Lipinski definition) is 4. The highest BCUT2D eigenvalue weighted by Gasteiger charge is 2.49. The van der Waals surface area contributed by atoms with E-state index in [0.29, 0.717) is 0 Å². The summed E-state index contributed by atoms with van der Waals surface area (Å²) in [6.45, 7) is 7.72. The van der Waals surface area contributed by atoms with Gasteiger partial charge in [-0.25, -0.2) is 0 Å². The smallest absolute Gasteiger partial charge is 0.184 e. The maximum Gasteiger partial charge on any atom is 0.184 e. The third-order valence-electron chi connectivity index (χ3n) is 5.07. The molecule has 158 valence electrons. The van der Waals surface area contributed by atoms with Gasteiger partial charge in [0.15, 0.2) is 11.6 Å². The molecule has 0 aromatic heterocycles. The zero-order chi connectivity index (χ0) is 22.3. The fourth-order valence-electron chi connectivity index (χ4n) is 3.25. The number of aliphatic hydroxyl groups excluding tert-OH is 1. The van der Waals surface area contributed by atoms with Crippen molar-refractivity contribution in [3.8, 4) is 0 Å². The summed E-state index contributed by atoms with van der Waals surface area (Å²) in [5.74, 6) is -0.853. The number of carbonyl (C=O) groups excluding carboxylic acids is 2. The van der Waals surface area contributed by atoms with Gasteiger partial charge in [0.2, 0.25) is 0 Å². The standard InChI is InChI=1S/C26H30O4/c1-18(2)13-15-26(16-14-19(3)4)23(28)17-22(30-5)24(25(26)29)21(27)12-11-20-9-7-6-8-10-20/h6-14,17,27H,15-16H2,1-5H3/b12-11+,24-21-. The molecule has 0 radical (unpaired) electrons. The Bertz CT molecular complexity index is 928. The van der Waals surface area contributed by atoms with Gasteiger partial charge in [0.05, 0.1) is 7.11 Å². The molecule has 0 fully saturated rings. The Hall–Kier alpha value is -3.14. The van der Waals surface area contributed by atoms with Crippen LogP contribution < -0.4 is 0 Å². The van der Waals surface area contributed by atoms with Crippen LogP contribution in [0.5, 0.6) is 0 Å². The number of Topliss-reactive ketones (excluding diaryl/α,β-unsaturated/α-hetero) is 1. The second-order valence-corrected chi connectivity index (χ2v) is 7.96. The largest absolute Gasteiger partial charge is 0.507 e. The summed E-state index contributed by atoms with van der Waals surface area (Å²) >= 11 is 0. The van der Waals surface area contributed by atoms with Gasteiger partial charge in [0.1, 0.15) is 22.5 Å². The van der Waals surface area contributed by atoms with Gasteiger partial charge in [-0.05, 0) is 52.2 Å². The van der Waals surface area contributed by atoms with Crippen molar-refractivity contribution >= 4 is 17.6 Å². The molecule has 0 saturated carbocycles. The van der Waals surface area contributed by atoms with E-state index in [9.17, 15) is 14.7 Å². The zero-order valence-corrected chi connectivity index (χ0v) is 18.4. The molecular weight excluding hydrogens is 376 g/mol. The van der Waals surface area contributed by atoms with Crippen molar-refractivity contribution in [2.75, 3.05) is 7.11 Å². The van der Waals surface area contributed by atoms with E-state index < -0.39 is 11.2 Å². The number of methoxy groups -OCH3 is 1. The highest BCUT2D eigenvalue weighted by molar-refractivity contribution is 6.23. The van der Waals surface area contributed by atoms with Gasteiger partial charge in [-0.1, -0.05) is 59.7 Å². The monoisotopic (exact) mass is 406 g/mol. The molecule has 0 heterocycles. The van der Waals surface area contributed by atoms with Crippen LogP contribution in [0, 0.1) is 5.41 Å². The summed E-state index contributed by atoms with van der Waals surface area (Å²) in [4.78, 5) is 26.8. The minimum atomic E-state index is -1.29. The number of rotatable bonds is 7. The Morgan fingerprint density at radius 1 is 1.00 bits per heavy atom. The predicted octanol–water partition coefficient (Wildman–Crippen LogP) is 5.89. The van der Waals surface area contributed by atoms with Crippen LogP contribution in [0.3, 0.4) is 0 Å². The van der Waals surface area contributed by atoms with Crippen molar-refractivity contribution in [3.63, 3.8) is 0 Å². The summed E-state index contributed by atoms with van der Waals surface area (Å²) in [6, 6.07) is 9.46. The first-order chi connectivity index (χ1) is 14.2. The Labute approximate surface area is 179 Å². The number of aliphatic hydroxyl groups is 1. The van der Waals surface area contributed by atoms with E-state index in [2.05, 4.69) is 0 Å². The average molecular weight is 407 g/mol. The van der Waals surface area contributed by atoms with Gasteiger partial charge in [-0.3, -0.25) is 9.59 Å². The van der Waals surface area contributed by atoms with Crippen molar-refractivity contribution in [2.45, 2.75) is 40.5 Å². The molecule has 1 aromatic rings. The fraction of sp³-hybridized carbons (Fsp3) is 0.308. The predicted molar refractivity (Wildman–Crippen MR) is 121 cm³/mol. The van der Waals surface area contributed by atoms with Gasteiger partial charge >= 0.3 is 0 Å². The Morgan fingerprint density at radius 3 is 2.07 bits per heavy atom. The average Bonchev–Trinajstić information content (AvgIpc) is 2.71. The molecule has 0 spiro atoms. The van der Waals surface area contributed by atoms with Crippen LogP contribution in [0.2, 0.25) is 0 Å². The quantitative estimate of drug-likeness (QED) is 0.265. The van der Waals surface area contributed by atoms with Crippen molar-refractivity contribution in [1.82, 2.24) is 0 Å². The van der Waals surface area contributed by atoms with Crippen molar-refractivity contribution in [3.05, 3.63) is 88.4 Å². The van der Waals surface area contributed by atoms with Gasteiger partial charge in [0, 0.05) is 6.08 Å². The summed E-state index contributed by atoms with van der Waals surface area (Å²) in [7, 11) is 1.39. The van der Waals surface area contributed by atoms with Crippen molar-refractivity contribution in [1.29, 1.82) is 0 Å². The van der Waals surface area contributed by atoms with E-state index in [1.54, 1.807) is 6.08 Å². The Morgan fingerprint density at radius 2 is 1.57 bits per heavy atom. The van der Waals surface area contributed by atoms with Crippen LogP contribution >= 0.6 is 0 Å².